The first-order chi connectivity index (χ1) is 16.2. The van der Waals surface area contributed by atoms with Gasteiger partial charge < -0.3 is 4.98 Å². The Morgan fingerprint density at radius 2 is 1.39 bits per heavy atom. The van der Waals surface area contributed by atoms with E-state index in [9.17, 15) is 0 Å². The third kappa shape index (κ3) is 5.03. The van der Waals surface area contributed by atoms with Gasteiger partial charge in [-0.15, -0.1) is 0 Å². The summed E-state index contributed by atoms with van der Waals surface area (Å²) in [6, 6.07) is 29.8. The van der Waals surface area contributed by atoms with Crippen molar-refractivity contribution >= 4 is 11.6 Å². The molecule has 3 aromatic carbocycles. The Hall–Kier alpha value is -2.92. The van der Waals surface area contributed by atoms with Gasteiger partial charge >= 0.3 is 0 Å². The van der Waals surface area contributed by atoms with Crippen LogP contribution in [0.3, 0.4) is 0 Å². The maximum Gasteiger partial charge on any atom is 0.137 e. The van der Waals surface area contributed by atoms with Gasteiger partial charge in [0.05, 0.1) is 11.7 Å². The Kier molecular flexibility index (Phi) is 6.58. The second kappa shape index (κ2) is 9.92. The van der Waals surface area contributed by atoms with Crippen LogP contribution in [0.15, 0.2) is 84.9 Å². The molecular formula is C28H29ClN4. The third-order valence-corrected chi connectivity index (χ3v) is 6.73. The van der Waals surface area contributed by atoms with Gasteiger partial charge in [-0.2, -0.15) is 0 Å². The van der Waals surface area contributed by atoms with Crippen molar-refractivity contribution in [1.82, 2.24) is 19.8 Å². The van der Waals surface area contributed by atoms with Crippen LogP contribution < -0.4 is 0 Å². The van der Waals surface area contributed by atoms with Crippen LogP contribution in [0.4, 0.5) is 0 Å². The zero-order valence-electron chi connectivity index (χ0n) is 18.9. The summed E-state index contributed by atoms with van der Waals surface area (Å²) < 4.78 is 0. The minimum absolute atomic E-state index is 0.290. The highest BCUT2D eigenvalue weighted by molar-refractivity contribution is 6.30. The van der Waals surface area contributed by atoms with Crippen LogP contribution in [0, 0.1) is 6.92 Å². The number of aromatic nitrogens is 2. The smallest absolute Gasteiger partial charge is 0.137 e. The number of rotatable bonds is 6. The van der Waals surface area contributed by atoms with E-state index in [-0.39, 0.29) is 6.04 Å². The van der Waals surface area contributed by atoms with E-state index >= 15 is 0 Å². The fraction of sp³-hybridized carbons (Fsp3) is 0.250. The van der Waals surface area contributed by atoms with Crippen molar-refractivity contribution in [2.24, 2.45) is 0 Å². The zero-order valence-corrected chi connectivity index (χ0v) is 19.7. The summed E-state index contributed by atoms with van der Waals surface area (Å²) >= 11 is 6.04. The molecule has 1 aliphatic heterocycles. The standard InChI is InChI=1S/C28H29ClN4/c1-21-26(31-28(30-21)24-12-14-25(29)15-13-24)20-32-16-18-33(19-17-32)27(22-8-4-2-5-9-22)23-10-6-3-7-11-23/h2-15,27H,16-20H2,1H3,(H,30,31). The lowest BCUT2D eigenvalue weighted by atomic mass is 9.96. The van der Waals surface area contributed by atoms with E-state index in [1.165, 1.54) is 11.1 Å². The Labute approximate surface area is 200 Å². The second-order valence-electron chi connectivity index (χ2n) is 8.70. The molecule has 0 atom stereocenters. The van der Waals surface area contributed by atoms with Gasteiger partial charge in [0.1, 0.15) is 5.82 Å². The molecule has 0 aliphatic carbocycles. The first kappa shape index (κ1) is 21.9. The summed E-state index contributed by atoms with van der Waals surface area (Å²) in [5.41, 5.74) is 6.03. The lowest BCUT2D eigenvalue weighted by Crippen LogP contribution is -2.47. The van der Waals surface area contributed by atoms with Gasteiger partial charge in [0.2, 0.25) is 0 Å². The lowest BCUT2D eigenvalue weighted by molar-refractivity contribution is 0.104. The number of imidazole rings is 1. The van der Waals surface area contributed by atoms with Crippen molar-refractivity contribution in [3.05, 3.63) is 112 Å². The normalized spacial score (nSPS) is 15.2. The molecule has 4 nitrogen and oxygen atoms in total. The molecule has 2 heterocycles. The number of aryl methyl sites for hydroxylation is 1. The van der Waals surface area contributed by atoms with Gasteiger partial charge in [0.25, 0.3) is 0 Å². The van der Waals surface area contributed by atoms with Crippen LogP contribution in [0.5, 0.6) is 0 Å². The quantitative estimate of drug-likeness (QED) is 0.389. The average molecular weight is 457 g/mol. The van der Waals surface area contributed by atoms with E-state index in [4.69, 9.17) is 16.6 Å². The van der Waals surface area contributed by atoms with Gasteiger partial charge in [-0.3, -0.25) is 9.80 Å². The fourth-order valence-corrected chi connectivity index (χ4v) is 4.80. The molecule has 0 radical (unpaired) electrons. The van der Waals surface area contributed by atoms with Crippen molar-refractivity contribution in [2.45, 2.75) is 19.5 Å². The van der Waals surface area contributed by atoms with E-state index in [0.717, 1.165) is 60.5 Å². The summed E-state index contributed by atoms with van der Waals surface area (Å²) in [4.78, 5) is 13.5. The molecule has 1 aromatic heterocycles. The number of hydrogen-bond donors (Lipinski definition) is 1. The molecule has 5 heteroatoms. The van der Waals surface area contributed by atoms with E-state index in [2.05, 4.69) is 82.4 Å². The molecule has 1 fully saturated rings. The van der Waals surface area contributed by atoms with E-state index in [0.29, 0.717) is 0 Å². The molecular weight excluding hydrogens is 428 g/mol. The summed E-state index contributed by atoms with van der Waals surface area (Å²) in [6.07, 6.45) is 0. The average Bonchev–Trinajstić information content (AvgIpc) is 3.22. The molecule has 0 amide bonds. The van der Waals surface area contributed by atoms with Crippen molar-refractivity contribution in [2.75, 3.05) is 26.2 Å². The maximum atomic E-state index is 6.04. The Morgan fingerprint density at radius 3 is 1.97 bits per heavy atom. The fourth-order valence-electron chi connectivity index (χ4n) is 4.67. The number of aromatic amines is 1. The molecule has 5 rings (SSSR count). The van der Waals surface area contributed by atoms with Crippen LogP contribution in [0.25, 0.3) is 11.4 Å². The number of benzene rings is 3. The number of nitrogens with zero attached hydrogens (tertiary/aromatic N) is 3. The first-order valence-electron chi connectivity index (χ1n) is 11.5. The van der Waals surface area contributed by atoms with E-state index in [1.807, 2.05) is 24.3 Å². The number of H-pyrrole nitrogens is 1. The number of hydrogen-bond acceptors (Lipinski definition) is 3. The van der Waals surface area contributed by atoms with Gasteiger partial charge in [-0.25, -0.2) is 4.98 Å². The van der Waals surface area contributed by atoms with Crippen molar-refractivity contribution in [1.29, 1.82) is 0 Å². The molecule has 4 aromatic rings. The molecule has 0 spiro atoms. The van der Waals surface area contributed by atoms with Crippen molar-refractivity contribution in [3.63, 3.8) is 0 Å². The molecule has 1 N–H and O–H groups in total. The first-order valence-corrected chi connectivity index (χ1v) is 11.9. The van der Waals surface area contributed by atoms with Gasteiger partial charge in [-0.05, 0) is 42.3 Å². The molecule has 0 bridgehead atoms. The number of nitrogens with one attached hydrogen (secondary N) is 1. The Morgan fingerprint density at radius 1 is 0.818 bits per heavy atom. The Balaban J connectivity index is 1.27. The highest BCUT2D eigenvalue weighted by Crippen LogP contribution is 2.30. The summed E-state index contributed by atoms with van der Waals surface area (Å²) in [5.74, 6) is 0.908. The molecule has 0 saturated carbocycles. The topological polar surface area (TPSA) is 35.2 Å². The van der Waals surface area contributed by atoms with Crippen LogP contribution in [-0.2, 0) is 6.54 Å². The van der Waals surface area contributed by atoms with Crippen molar-refractivity contribution < 1.29 is 0 Å². The summed E-state index contributed by atoms with van der Waals surface area (Å²) in [7, 11) is 0. The minimum atomic E-state index is 0.290. The van der Waals surface area contributed by atoms with E-state index in [1.54, 1.807) is 0 Å². The summed E-state index contributed by atoms with van der Waals surface area (Å²) in [6.45, 7) is 7.09. The van der Waals surface area contributed by atoms with Gasteiger partial charge in [0.15, 0.2) is 0 Å². The number of halogens is 1. The van der Waals surface area contributed by atoms with E-state index < -0.39 is 0 Å². The van der Waals surface area contributed by atoms with Crippen LogP contribution >= 0.6 is 11.6 Å². The maximum absolute atomic E-state index is 6.04. The lowest BCUT2D eigenvalue weighted by Gasteiger charge is -2.39. The molecule has 33 heavy (non-hydrogen) atoms. The third-order valence-electron chi connectivity index (χ3n) is 6.48. The molecule has 1 saturated heterocycles. The van der Waals surface area contributed by atoms with Crippen LogP contribution in [0.1, 0.15) is 28.6 Å². The second-order valence-corrected chi connectivity index (χ2v) is 9.14. The largest absolute Gasteiger partial charge is 0.342 e. The summed E-state index contributed by atoms with van der Waals surface area (Å²) in [5, 5.41) is 0.740. The Bertz CT molecular complexity index is 1120. The van der Waals surface area contributed by atoms with Gasteiger partial charge in [-0.1, -0.05) is 72.3 Å². The van der Waals surface area contributed by atoms with Crippen molar-refractivity contribution in [3.8, 4) is 11.4 Å². The highest BCUT2D eigenvalue weighted by Gasteiger charge is 2.27. The monoisotopic (exact) mass is 456 g/mol. The predicted molar refractivity (Wildman–Crippen MR) is 135 cm³/mol. The SMILES string of the molecule is Cc1[nH]c(-c2ccc(Cl)cc2)nc1CN1CCN(C(c2ccccc2)c2ccccc2)CC1. The van der Waals surface area contributed by atoms with Gasteiger partial charge in [0, 0.05) is 49.0 Å². The minimum Gasteiger partial charge on any atom is -0.342 e. The van der Waals surface area contributed by atoms with Crippen LogP contribution in [0.2, 0.25) is 5.02 Å². The zero-order chi connectivity index (χ0) is 22.6. The highest BCUT2D eigenvalue weighted by atomic mass is 35.5. The molecule has 0 unspecified atom stereocenters. The predicted octanol–water partition coefficient (Wildman–Crippen LogP) is 5.95. The van der Waals surface area contributed by atoms with Crippen LogP contribution in [-0.4, -0.2) is 45.9 Å². The molecule has 168 valence electrons. The molecule has 1 aliphatic rings. The number of piperazine rings is 1.